The Labute approximate surface area is 107 Å². The van der Waals surface area contributed by atoms with E-state index >= 15 is 0 Å². The lowest BCUT2D eigenvalue weighted by atomic mass is 9.83. The monoisotopic (exact) mass is 254 g/mol. The van der Waals surface area contributed by atoms with Crippen LogP contribution in [0.5, 0.6) is 0 Å². The van der Waals surface area contributed by atoms with Crippen molar-refractivity contribution in [1.29, 1.82) is 0 Å². The van der Waals surface area contributed by atoms with E-state index in [9.17, 15) is 8.78 Å². The van der Waals surface area contributed by atoms with Crippen LogP contribution >= 0.6 is 0 Å². The van der Waals surface area contributed by atoms with Crippen molar-refractivity contribution in [3.8, 4) is 0 Å². The summed E-state index contributed by atoms with van der Waals surface area (Å²) in [5.74, 6) is -0.413. The second kappa shape index (κ2) is 5.55. The van der Waals surface area contributed by atoms with Crippen molar-refractivity contribution in [2.45, 2.75) is 32.6 Å². The van der Waals surface area contributed by atoms with Gasteiger partial charge in [0.15, 0.2) is 11.6 Å². The summed E-state index contributed by atoms with van der Waals surface area (Å²) >= 11 is 0. The normalized spacial score (nSPS) is 23.9. The van der Waals surface area contributed by atoms with Crippen LogP contribution in [-0.4, -0.2) is 6.54 Å². The van der Waals surface area contributed by atoms with Crippen LogP contribution in [0.4, 0.5) is 20.2 Å². The Morgan fingerprint density at radius 2 is 1.89 bits per heavy atom. The highest BCUT2D eigenvalue weighted by Gasteiger charge is 2.19. The molecule has 0 aromatic heterocycles. The van der Waals surface area contributed by atoms with E-state index in [0.29, 0.717) is 12.5 Å². The molecule has 3 N–H and O–H groups in total. The summed E-state index contributed by atoms with van der Waals surface area (Å²) < 4.78 is 26.7. The fraction of sp³-hybridized carbons (Fsp3) is 0.571. The van der Waals surface area contributed by atoms with Crippen LogP contribution in [0.15, 0.2) is 12.1 Å². The van der Waals surface area contributed by atoms with Crippen molar-refractivity contribution in [2.24, 2.45) is 11.8 Å². The summed E-state index contributed by atoms with van der Waals surface area (Å²) in [7, 11) is 0. The smallest absolute Gasteiger partial charge is 0.183 e. The quantitative estimate of drug-likeness (QED) is 0.805. The Morgan fingerprint density at radius 3 is 2.56 bits per heavy atom. The molecule has 0 heterocycles. The summed E-state index contributed by atoms with van der Waals surface area (Å²) in [5, 5.41) is 2.97. The zero-order valence-electron chi connectivity index (χ0n) is 10.7. The van der Waals surface area contributed by atoms with E-state index in [1.807, 2.05) is 0 Å². The maximum Gasteiger partial charge on any atom is 0.183 e. The Hall–Kier alpha value is -1.32. The van der Waals surface area contributed by atoms with Gasteiger partial charge < -0.3 is 11.1 Å². The van der Waals surface area contributed by atoms with E-state index in [0.717, 1.165) is 24.8 Å². The number of nitrogen functional groups attached to an aromatic ring is 1. The van der Waals surface area contributed by atoms with Gasteiger partial charge >= 0.3 is 0 Å². The minimum Gasteiger partial charge on any atom is -0.397 e. The van der Waals surface area contributed by atoms with Gasteiger partial charge in [-0.05, 0) is 36.8 Å². The predicted molar refractivity (Wildman–Crippen MR) is 70.4 cm³/mol. The van der Waals surface area contributed by atoms with Gasteiger partial charge in [-0.15, -0.1) is 0 Å². The highest BCUT2D eigenvalue weighted by Crippen LogP contribution is 2.30. The summed E-state index contributed by atoms with van der Waals surface area (Å²) in [6.07, 6.45) is 4.72. The van der Waals surface area contributed by atoms with E-state index in [-0.39, 0.29) is 11.4 Å². The Balaban J connectivity index is 1.96. The van der Waals surface area contributed by atoms with Crippen molar-refractivity contribution >= 4 is 11.4 Å². The van der Waals surface area contributed by atoms with Gasteiger partial charge in [0.25, 0.3) is 0 Å². The second-order valence-electron chi connectivity index (χ2n) is 5.33. The molecule has 1 fully saturated rings. The standard InChI is InChI=1S/C14H20F2N2/c1-9-2-4-10(5-3-9)8-18-14-12(17)7-6-11(15)13(14)16/h6-7,9-10,18H,2-5,8,17H2,1H3. The fourth-order valence-corrected chi connectivity index (χ4v) is 2.52. The fourth-order valence-electron chi connectivity index (χ4n) is 2.52. The predicted octanol–water partition coefficient (Wildman–Crippen LogP) is 3.79. The van der Waals surface area contributed by atoms with Crippen LogP contribution in [-0.2, 0) is 0 Å². The Bertz CT molecular complexity index is 413. The maximum atomic E-state index is 13.6. The van der Waals surface area contributed by atoms with Gasteiger partial charge in [0.1, 0.15) is 0 Å². The molecule has 0 unspecified atom stereocenters. The van der Waals surface area contributed by atoms with Gasteiger partial charge in [-0.25, -0.2) is 8.78 Å². The van der Waals surface area contributed by atoms with Gasteiger partial charge in [-0.3, -0.25) is 0 Å². The molecule has 0 amide bonds. The summed E-state index contributed by atoms with van der Waals surface area (Å²) in [5.41, 5.74) is 6.03. The SMILES string of the molecule is CC1CCC(CNc2c(N)ccc(F)c2F)CC1. The molecule has 2 nitrogen and oxygen atoms in total. The van der Waals surface area contributed by atoms with Crippen molar-refractivity contribution in [3.05, 3.63) is 23.8 Å². The lowest BCUT2D eigenvalue weighted by Gasteiger charge is -2.26. The van der Waals surface area contributed by atoms with E-state index in [1.165, 1.54) is 18.9 Å². The van der Waals surface area contributed by atoms with Gasteiger partial charge in [0, 0.05) is 6.54 Å². The first-order valence-corrected chi connectivity index (χ1v) is 6.55. The second-order valence-corrected chi connectivity index (χ2v) is 5.33. The zero-order valence-corrected chi connectivity index (χ0v) is 10.7. The Kier molecular flexibility index (Phi) is 4.04. The summed E-state index contributed by atoms with van der Waals surface area (Å²) in [6, 6.07) is 2.45. The van der Waals surface area contributed by atoms with Crippen LogP contribution < -0.4 is 11.1 Å². The van der Waals surface area contributed by atoms with Crippen LogP contribution in [0, 0.1) is 23.5 Å². The lowest BCUT2D eigenvalue weighted by molar-refractivity contribution is 0.300. The molecule has 0 spiro atoms. The number of rotatable bonds is 3. The van der Waals surface area contributed by atoms with Crippen LogP contribution in [0.2, 0.25) is 0 Å². The third-order valence-electron chi connectivity index (χ3n) is 3.83. The van der Waals surface area contributed by atoms with Crippen molar-refractivity contribution in [3.63, 3.8) is 0 Å². The largest absolute Gasteiger partial charge is 0.397 e. The maximum absolute atomic E-state index is 13.6. The molecule has 1 aromatic carbocycles. The molecule has 100 valence electrons. The van der Waals surface area contributed by atoms with Crippen LogP contribution in [0.1, 0.15) is 32.6 Å². The van der Waals surface area contributed by atoms with Gasteiger partial charge in [0.2, 0.25) is 0 Å². The van der Waals surface area contributed by atoms with E-state index in [4.69, 9.17) is 5.73 Å². The van der Waals surface area contributed by atoms with Crippen molar-refractivity contribution in [1.82, 2.24) is 0 Å². The molecule has 4 heteroatoms. The van der Waals surface area contributed by atoms with E-state index < -0.39 is 11.6 Å². The van der Waals surface area contributed by atoms with Crippen molar-refractivity contribution < 1.29 is 8.78 Å². The molecular weight excluding hydrogens is 234 g/mol. The van der Waals surface area contributed by atoms with Crippen LogP contribution in [0.25, 0.3) is 0 Å². The average Bonchev–Trinajstić information content (AvgIpc) is 2.36. The van der Waals surface area contributed by atoms with Gasteiger partial charge in [0.05, 0.1) is 11.4 Å². The molecule has 2 rings (SSSR count). The summed E-state index contributed by atoms with van der Waals surface area (Å²) in [6.45, 7) is 2.92. The first-order chi connectivity index (χ1) is 8.58. The molecule has 1 aliphatic rings. The number of nitrogens with two attached hydrogens (primary N) is 1. The number of benzene rings is 1. The first-order valence-electron chi connectivity index (χ1n) is 6.55. The van der Waals surface area contributed by atoms with E-state index in [2.05, 4.69) is 12.2 Å². The molecular formula is C14H20F2N2. The highest BCUT2D eigenvalue weighted by molar-refractivity contribution is 5.66. The minimum absolute atomic E-state index is 0.105. The number of hydrogen-bond acceptors (Lipinski definition) is 2. The lowest BCUT2D eigenvalue weighted by Crippen LogP contribution is -2.21. The van der Waals surface area contributed by atoms with Gasteiger partial charge in [-0.2, -0.15) is 0 Å². The molecule has 0 aliphatic heterocycles. The number of nitrogens with one attached hydrogen (secondary N) is 1. The summed E-state index contributed by atoms with van der Waals surface area (Å²) in [4.78, 5) is 0. The molecule has 0 saturated heterocycles. The van der Waals surface area contributed by atoms with Crippen molar-refractivity contribution in [2.75, 3.05) is 17.6 Å². The average molecular weight is 254 g/mol. The zero-order chi connectivity index (χ0) is 13.1. The van der Waals surface area contributed by atoms with Crippen LogP contribution in [0.3, 0.4) is 0 Å². The number of hydrogen-bond donors (Lipinski definition) is 2. The molecule has 0 bridgehead atoms. The minimum atomic E-state index is -0.876. The van der Waals surface area contributed by atoms with Gasteiger partial charge in [-0.1, -0.05) is 19.8 Å². The molecule has 1 aromatic rings. The third kappa shape index (κ3) is 2.92. The molecule has 1 saturated carbocycles. The topological polar surface area (TPSA) is 38.0 Å². The molecule has 0 radical (unpaired) electrons. The number of anilines is 2. The molecule has 1 aliphatic carbocycles. The van der Waals surface area contributed by atoms with E-state index in [1.54, 1.807) is 0 Å². The Morgan fingerprint density at radius 1 is 1.22 bits per heavy atom. The third-order valence-corrected chi connectivity index (χ3v) is 3.83. The molecule has 18 heavy (non-hydrogen) atoms. The number of halogens is 2. The first kappa shape index (κ1) is 13.1. The molecule has 0 atom stereocenters. The highest BCUT2D eigenvalue weighted by atomic mass is 19.2.